The first-order chi connectivity index (χ1) is 11.0. The van der Waals surface area contributed by atoms with Crippen LogP contribution in [-0.2, 0) is 13.6 Å². The van der Waals surface area contributed by atoms with E-state index < -0.39 is 19.3 Å². The van der Waals surface area contributed by atoms with Gasteiger partial charge in [0, 0.05) is 25.5 Å². The van der Waals surface area contributed by atoms with Gasteiger partial charge >= 0.3 is 7.60 Å². The summed E-state index contributed by atoms with van der Waals surface area (Å²) in [6.45, 7) is 0. The molecule has 0 saturated carbocycles. The summed E-state index contributed by atoms with van der Waals surface area (Å²) in [4.78, 5) is 11.2. The molecule has 1 N–H and O–H groups in total. The number of carbonyl (C=O) groups is 1. The van der Waals surface area contributed by atoms with E-state index in [2.05, 4.69) is 5.32 Å². The van der Waals surface area contributed by atoms with E-state index in [0.29, 0.717) is 5.56 Å². The molecule has 0 aliphatic heterocycles. The molecule has 0 aromatic heterocycles. The van der Waals surface area contributed by atoms with Crippen molar-refractivity contribution < 1.29 is 23.5 Å². The second kappa shape index (κ2) is 7.42. The summed E-state index contributed by atoms with van der Waals surface area (Å²) in [5.74, 6) is -2.19. The van der Waals surface area contributed by atoms with Gasteiger partial charge in [-0.25, -0.2) is 0 Å². The van der Waals surface area contributed by atoms with Crippen LogP contribution in [0.4, 0.5) is 5.69 Å². The Morgan fingerprint density at radius 2 is 1.61 bits per heavy atom. The first-order valence-electron chi connectivity index (χ1n) is 6.85. The molecule has 2 aromatic carbocycles. The summed E-state index contributed by atoms with van der Waals surface area (Å²) in [5, 5.41) is 14.2. The van der Waals surface area contributed by atoms with Crippen LogP contribution in [-0.4, -0.2) is 20.2 Å². The Balaban J connectivity index is 2.48. The summed E-state index contributed by atoms with van der Waals surface area (Å²) in [6.07, 6.45) is 0. The number of aromatic carboxylic acids is 1. The lowest BCUT2D eigenvalue weighted by molar-refractivity contribution is -0.254. The fourth-order valence-corrected chi connectivity index (χ4v) is 3.61. The van der Waals surface area contributed by atoms with Gasteiger partial charge < -0.3 is 24.3 Å². The molecule has 1 atom stereocenters. The second-order valence-corrected chi connectivity index (χ2v) is 7.02. The maximum Gasteiger partial charge on any atom is 0.356 e. The number of anilines is 1. The number of carboxylic acid groups (broad SMARTS) is 1. The van der Waals surface area contributed by atoms with E-state index in [0.717, 1.165) is 0 Å². The summed E-state index contributed by atoms with van der Waals surface area (Å²) in [7, 11) is -0.985. The molecule has 6 nitrogen and oxygen atoms in total. The molecular weight excluding hydrogens is 317 g/mol. The highest BCUT2D eigenvalue weighted by atomic mass is 31.2. The molecule has 122 valence electrons. The number of benzene rings is 2. The van der Waals surface area contributed by atoms with E-state index in [-0.39, 0.29) is 11.3 Å². The molecule has 7 heteroatoms. The van der Waals surface area contributed by atoms with Crippen LogP contribution in [0.3, 0.4) is 0 Å². The minimum absolute atomic E-state index is 0.0350. The lowest BCUT2D eigenvalue weighted by Crippen LogP contribution is -2.24. The number of hydrogen-bond donors (Lipinski definition) is 1. The lowest BCUT2D eigenvalue weighted by Gasteiger charge is -2.27. The van der Waals surface area contributed by atoms with Gasteiger partial charge in [-0.3, -0.25) is 4.57 Å². The highest BCUT2D eigenvalue weighted by Crippen LogP contribution is 2.59. The summed E-state index contributed by atoms with van der Waals surface area (Å²) < 4.78 is 23.0. The van der Waals surface area contributed by atoms with Crippen molar-refractivity contribution in [3.8, 4) is 0 Å². The van der Waals surface area contributed by atoms with Crippen LogP contribution in [0.15, 0.2) is 54.6 Å². The van der Waals surface area contributed by atoms with E-state index in [9.17, 15) is 14.5 Å². The molecule has 0 heterocycles. The van der Waals surface area contributed by atoms with E-state index >= 15 is 0 Å². The van der Waals surface area contributed by atoms with Crippen LogP contribution >= 0.6 is 7.60 Å². The van der Waals surface area contributed by atoms with Crippen LogP contribution in [0.5, 0.6) is 0 Å². The largest absolute Gasteiger partial charge is 0.545 e. The van der Waals surface area contributed by atoms with Crippen molar-refractivity contribution in [2.75, 3.05) is 19.5 Å². The third-order valence-electron chi connectivity index (χ3n) is 3.38. The standard InChI is InChI=1S/C16H18NO5P/c1-21-23(20,22-2)15(12-8-4-3-5-9-12)17-14-11-7-6-10-13(14)16(18)19/h3-11,15,17H,1-2H3,(H,18,19)/p-1/t15-/m0/s1. The summed E-state index contributed by atoms with van der Waals surface area (Å²) >= 11 is 0. The quantitative estimate of drug-likeness (QED) is 0.783. The Kier molecular flexibility index (Phi) is 5.55. The van der Waals surface area contributed by atoms with E-state index in [1.54, 1.807) is 42.5 Å². The summed E-state index contributed by atoms with van der Waals surface area (Å²) in [5.41, 5.74) is 0.885. The number of carboxylic acids is 1. The maximum atomic E-state index is 12.9. The third kappa shape index (κ3) is 3.79. The molecule has 0 bridgehead atoms. The second-order valence-electron chi connectivity index (χ2n) is 4.70. The zero-order valence-corrected chi connectivity index (χ0v) is 13.7. The maximum absolute atomic E-state index is 12.9. The minimum atomic E-state index is -3.55. The fraction of sp³-hybridized carbons (Fsp3) is 0.188. The predicted molar refractivity (Wildman–Crippen MR) is 85.2 cm³/mol. The van der Waals surface area contributed by atoms with Crippen LogP contribution in [0.1, 0.15) is 21.7 Å². The predicted octanol–water partition coefficient (Wildman–Crippen LogP) is 2.65. The highest BCUT2D eigenvalue weighted by Gasteiger charge is 2.35. The van der Waals surface area contributed by atoms with Gasteiger partial charge in [0.25, 0.3) is 0 Å². The fourth-order valence-electron chi connectivity index (χ4n) is 2.20. The number of para-hydroxylation sites is 1. The molecule has 0 fully saturated rings. The van der Waals surface area contributed by atoms with Gasteiger partial charge in [0.05, 0.1) is 5.97 Å². The Labute approximate surface area is 134 Å². The minimum Gasteiger partial charge on any atom is -0.545 e. The van der Waals surface area contributed by atoms with E-state index in [1.165, 1.54) is 20.3 Å². The smallest absolute Gasteiger partial charge is 0.356 e. The Morgan fingerprint density at radius 3 is 2.17 bits per heavy atom. The SMILES string of the molecule is COP(=O)(OC)[C@H](Nc1ccccc1C(=O)[O-])c1ccccc1. The van der Waals surface area contributed by atoms with Crippen LogP contribution < -0.4 is 10.4 Å². The highest BCUT2D eigenvalue weighted by molar-refractivity contribution is 7.54. The van der Waals surface area contributed by atoms with Crippen LogP contribution in [0, 0.1) is 0 Å². The van der Waals surface area contributed by atoms with Crippen molar-refractivity contribution in [1.82, 2.24) is 0 Å². The normalized spacial score (nSPS) is 12.6. The average molecular weight is 334 g/mol. The Hall–Kier alpha value is -2.14. The van der Waals surface area contributed by atoms with Gasteiger partial charge in [0.1, 0.15) is 0 Å². The molecule has 2 aromatic rings. The molecule has 23 heavy (non-hydrogen) atoms. The zero-order chi connectivity index (χ0) is 16.9. The number of carbonyl (C=O) groups excluding carboxylic acids is 1. The average Bonchev–Trinajstić information content (AvgIpc) is 2.60. The first-order valence-corrected chi connectivity index (χ1v) is 8.46. The monoisotopic (exact) mass is 334 g/mol. The van der Waals surface area contributed by atoms with Gasteiger partial charge in [0.2, 0.25) is 0 Å². The number of nitrogens with one attached hydrogen (secondary N) is 1. The number of rotatable bonds is 7. The van der Waals surface area contributed by atoms with Crippen molar-refractivity contribution in [3.63, 3.8) is 0 Å². The molecule has 0 saturated heterocycles. The van der Waals surface area contributed by atoms with Crippen molar-refractivity contribution in [2.45, 2.75) is 5.78 Å². The van der Waals surface area contributed by atoms with Gasteiger partial charge in [-0.05, 0) is 11.6 Å². The third-order valence-corrected chi connectivity index (χ3v) is 5.46. The molecule has 0 amide bonds. The molecule has 0 spiro atoms. The molecule has 0 unspecified atom stereocenters. The van der Waals surface area contributed by atoms with Gasteiger partial charge in [-0.1, -0.05) is 48.5 Å². The first kappa shape index (κ1) is 17.2. The van der Waals surface area contributed by atoms with Crippen molar-refractivity contribution >= 4 is 19.3 Å². The van der Waals surface area contributed by atoms with E-state index in [1.807, 2.05) is 6.07 Å². The van der Waals surface area contributed by atoms with Gasteiger partial charge in [-0.15, -0.1) is 0 Å². The summed E-state index contributed by atoms with van der Waals surface area (Å²) in [6, 6.07) is 15.1. The molecule has 0 radical (unpaired) electrons. The lowest BCUT2D eigenvalue weighted by atomic mass is 10.1. The van der Waals surface area contributed by atoms with Crippen molar-refractivity contribution in [2.24, 2.45) is 0 Å². The molecule has 2 rings (SSSR count). The zero-order valence-electron chi connectivity index (χ0n) is 12.8. The molecule has 0 aliphatic carbocycles. The Bertz CT molecular complexity index is 711. The van der Waals surface area contributed by atoms with Gasteiger partial charge in [0.15, 0.2) is 5.78 Å². The Morgan fingerprint density at radius 1 is 1.04 bits per heavy atom. The van der Waals surface area contributed by atoms with Crippen molar-refractivity contribution in [3.05, 3.63) is 65.7 Å². The molecular formula is C16H17NO5P-. The van der Waals surface area contributed by atoms with Crippen LogP contribution in [0.2, 0.25) is 0 Å². The van der Waals surface area contributed by atoms with Crippen molar-refractivity contribution in [1.29, 1.82) is 0 Å². The molecule has 0 aliphatic rings. The topological polar surface area (TPSA) is 87.7 Å². The van der Waals surface area contributed by atoms with Gasteiger partial charge in [-0.2, -0.15) is 0 Å². The van der Waals surface area contributed by atoms with Crippen LogP contribution in [0.25, 0.3) is 0 Å². The number of hydrogen-bond acceptors (Lipinski definition) is 6. The van der Waals surface area contributed by atoms with E-state index in [4.69, 9.17) is 9.05 Å².